The molecule has 0 aliphatic heterocycles. The van der Waals surface area contributed by atoms with Crippen LogP contribution in [0.2, 0.25) is 0 Å². The second-order valence-electron chi connectivity index (χ2n) is 2.70. The van der Waals surface area contributed by atoms with E-state index in [2.05, 4.69) is 4.84 Å². The van der Waals surface area contributed by atoms with Gasteiger partial charge in [-0.25, -0.2) is 12.8 Å². The maximum absolute atomic E-state index is 12.8. The molecule has 0 saturated heterocycles. The summed E-state index contributed by atoms with van der Waals surface area (Å²) in [5.74, 6) is -0.443. The first kappa shape index (κ1) is 11.1. The maximum Gasteiger partial charge on any atom is 0.262 e. The van der Waals surface area contributed by atoms with Crippen molar-refractivity contribution in [3.8, 4) is 0 Å². The number of benzene rings is 1. The fourth-order valence-corrected chi connectivity index (χ4v) is 1.84. The number of aryl methyl sites for hydroxylation is 1. The third kappa shape index (κ3) is 2.28. The van der Waals surface area contributed by atoms with Gasteiger partial charge in [0.1, 0.15) is 5.82 Å². The van der Waals surface area contributed by atoms with Crippen molar-refractivity contribution in [1.29, 1.82) is 0 Å². The molecule has 0 radical (unpaired) electrons. The lowest BCUT2D eigenvalue weighted by Gasteiger charge is -2.05. The van der Waals surface area contributed by atoms with Crippen LogP contribution in [0.25, 0.3) is 0 Å². The molecule has 14 heavy (non-hydrogen) atoms. The molecule has 78 valence electrons. The van der Waals surface area contributed by atoms with Gasteiger partial charge in [-0.3, -0.25) is 4.84 Å². The van der Waals surface area contributed by atoms with Crippen LogP contribution in [0.15, 0.2) is 23.1 Å². The summed E-state index contributed by atoms with van der Waals surface area (Å²) in [6.07, 6.45) is 0. The minimum atomic E-state index is -3.69. The molecule has 0 bridgehead atoms. The third-order valence-corrected chi connectivity index (χ3v) is 2.89. The number of halogens is 1. The quantitative estimate of drug-likeness (QED) is 0.771. The first-order chi connectivity index (χ1) is 6.47. The fraction of sp³-hybridized carbons (Fsp3) is 0.250. The Morgan fingerprint density at radius 3 is 2.57 bits per heavy atom. The van der Waals surface area contributed by atoms with E-state index in [1.165, 1.54) is 26.2 Å². The van der Waals surface area contributed by atoms with Crippen LogP contribution < -0.4 is 4.89 Å². The van der Waals surface area contributed by atoms with Crippen LogP contribution >= 0.6 is 0 Å². The third-order valence-electron chi connectivity index (χ3n) is 1.63. The summed E-state index contributed by atoms with van der Waals surface area (Å²) in [6.45, 7) is 1.49. The van der Waals surface area contributed by atoms with Gasteiger partial charge in [0.05, 0.1) is 12.0 Å². The highest BCUT2D eigenvalue weighted by Gasteiger charge is 2.14. The molecular formula is C8H10FNO3S. The van der Waals surface area contributed by atoms with Crippen LogP contribution in [0.5, 0.6) is 0 Å². The van der Waals surface area contributed by atoms with E-state index in [1.807, 2.05) is 4.89 Å². The standard InChI is InChI=1S/C8H10FNO3S/c1-6-5-7(3-4-8(6)9)14(11,12)10-13-2/h3-5,10H,1-2H3. The van der Waals surface area contributed by atoms with Crippen molar-refractivity contribution in [3.05, 3.63) is 29.6 Å². The molecule has 0 aliphatic rings. The second-order valence-corrected chi connectivity index (χ2v) is 4.35. The lowest BCUT2D eigenvalue weighted by Crippen LogP contribution is -2.22. The van der Waals surface area contributed by atoms with Crippen molar-refractivity contribution in [2.45, 2.75) is 11.8 Å². The van der Waals surface area contributed by atoms with Gasteiger partial charge in [0, 0.05) is 0 Å². The molecule has 1 rings (SSSR count). The van der Waals surface area contributed by atoms with Crippen LogP contribution in [0, 0.1) is 12.7 Å². The molecule has 0 aliphatic carbocycles. The van der Waals surface area contributed by atoms with E-state index in [0.717, 1.165) is 6.07 Å². The zero-order valence-corrected chi connectivity index (χ0v) is 8.56. The zero-order valence-electron chi connectivity index (χ0n) is 7.74. The van der Waals surface area contributed by atoms with Crippen LogP contribution in [-0.4, -0.2) is 15.5 Å². The van der Waals surface area contributed by atoms with Gasteiger partial charge in [-0.1, -0.05) is 4.89 Å². The van der Waals surface area contributed by atoms with Gasteiger partial charge in [0.25, 0.3) is 10.0 Å². The molecule has 1 N–H and O–H groups in total. The molecule has 0 aromatic heterocycles. The molecule has 0 unspecified atom stereocenters. The summed E-state index contributed by atoms with van der Waals surface area (Å²) < 4.78 is 35.5. The molecule has 0 spiro atoms. The highest BCUT2D eigenvalue weighted by Crippen LogP contribution is 2.13. The van der Waals surface area contributed by atoms with Crippen LogP contribution in [0.3, 0.4) is 0 Å². The van der Waals surface area contributed by atoms with Crippen molar-refractivity contribution in [3.63, 3.8) is 0 Å². The van der Waals surface area contributed by atoms with Crippen molar-refractivity contribution in [2.24, 2.45) is 0 Å². The normalized spacial score (nSPS) is 11.6. The predicted octanol–water partition coefficient (Wildman–Crippen LogP) is 0.974. The Kier molecular flexibility index (Phi) is 3.20. The number of sulfonamides is 1. The minimum absolute atomic E-state index is 0.0294. The molecule has 0 saturated carbocycles. The number of rotatable bonds is 3. The molecule has 0 heterocycles. The van der Waals surface area contributed by atoms with E-state index in [0.29, 0.717) is 0 Å². The summed E-state index contributed by atoms with van der Waals surface area (Å²) in [5.41, 5.74) is 0.268. The van der Waals surface area contributed by atoms with E-state index in [9.17, 15) is 12.8 Å². The molecule has 4 nitrogen and oxygen atoms in total. The Balaban J connectivity index is 3.15. The molecule has 0 amide bonds. The fourth-order valence-electron chi connectivity index (χ4n) is 0.942. The summed E-state index contributed by atoms with van der Waals surface area (Å²) in [4.78, 5) is 6.10. The Morgan fingerprint density at radius 1 is 1.43 bits per heavy atom. The Labute approximate surface area is 81.7 Å². The van der Waals surface area contributed by atoms with Gasteiger partial charge in [-0.15, -0.1) is 0 Å². The lowest BCUT2D eigenvalue weighted by molar-refractivity contribution is 0.153. The predicted molar refractivity (Wildman–Crippen MR) is 48.5 cm³/mol. The highest BCUT2D eigenvalue weighted by atomic mass is 32.2. The first-order valence-electron chi connectivity index (χ1n) is 3.78. The number of hydrogen-bond donors (Lipinski definition) is 1. The average molecular weight is 219 g/mol. The highest BCUT2D eigenvalue weighted by molar-refractivity contribution is 7.89. The van der Waals surface area contributed by atoms with Gasteiger partial charge >= 0.3 is 0 Å². The van der Waals surface area contributed by atoms with Gasteiger partial charge in [-0.2, -0.15) is 0 Å². The van der Waals surface area contributed by atoms with Crippen molar-refractivity contribution < 1.29 is 17.6 Å². The van der Waals surface area contributed by atoms with Gasteiger partial charge in [-0.05, 0) is 30.7 Å². The molecule has 6 heteroatoms. The summed E-state index contributed by atoms with van der Waals surface area (Å²) in [6, 6.07) is 3.50. The van der Waals surface area contributed by atoms with Crippen molar-refractivity contribution in [1.82, 2.24) is 4.89 Å². The van der Waals surface area contributed by atoms with Gasteiger partial charge in [0.2, 0.25) is 0 Å². The van der Waals surface area contributed by atoms with E-state index in [4.69, 9.17) is 0 Å². The van der Waals surface area contributed by atoms with Crippen molar-refractivity contribution in [2.75, 3.05) is 7.11 Å². The summed E-state index contributed by atoms with van der Waals surface area (Å²) >= 11 is 0. The molecule has 1 aromatic carbocycles. The van der Waals surface area contributed by atoms with E-state index >= 15 is 0 Å². The van der Waals surface area contributed by atoms with E-state index in [1.54, 1.807) is 0 Å². The largest absolute Gasteiger partial charge is 0.290 e. The van der Waals surface area contributed by atoms with E-state index < -0.39 is 15.8 Å². The smallest absolute Gasteiger partial charge is 0.262 e. The Hall–Kier alpha value is -0.980. The van der Waals surface area contributed by atoms with Crippen molar-refractivity contribution >= 4 is 10.0 Å². The molecule has 1 aromatic rings. The molecule has 0 atom stereocenters. The van der Waals surface area contributed by atoms with Crippen LogP contribution in [0.4, 0.5) is 4.39 Å². The SMILES string of the molecule is CONS(=O)(=O)c1ccc(F)c(C)c1. The minimum Gasteiger partial charge on any atom is -0.290 e. The second kappa shape index (κ2) is 4.04. The lowest BCUT2D eigenvalue weighted by atomic mass is 10.2. The molecule has 0 fully saturated rings. The van der Waals surface area contributed by atoms with Gasteiger partial charge in [0.15, 0.2) is 0 Å². The van der Waals surface area contributed by atoms with Crippen LogP contribution in [0.1, 0.15) is 5.56 Å². The number of nitrogens with one attached hydrogen (secondary N) is 1. The molecular weight excluding hydrogens is 209 g/mol. The average Bonchev–Trinajstić information content (AvgIpc) is 2.09. The summed E-state index contributed by atoms with van der Waals surface area (Å²) in [5, 5.41) is 0. The van der Waals surface area contributed by atoms with Crippen LogP contribution in [-0.2, 0) is 14.9 Å². The monoisotopic (exact) mass is 219 g/mol. The zero-order chi connectivity index (χ0) is 10.8. The topological polar surface area (TPSA) is 55.4 Å². The maximum atomic E-state index is 12.8. The van der Waals surface area contributed by atoms with Gasteiger partial charge < -0.3 is 0 Å². The number of hydrogen-bond acceptors (Lipinski definition) is 3. The first-order valence-corrected chi connectivity index (χ1v) is 5.26. The summed E-state index contributed by atoms with van der Waals surface area (Å²) in [7, 11) is -2.50. The van der Waals surface area contributed by atoms with E-state index in [-0.39, 0.29) is 10.5 Å². The Bertz CT molecular complexity index is 430. The Morgan fingerprint density at radius 2 is 2.07 bits per heavy atom.